The number of carbonyl (C=O) groups is 1. The molecule has 0 fully saturated rings. The zero-order valence-electron chi connectivity index (χ0n) is 16.3. The number of nitrogens with one attached hydrogen (secondary N) is 2. The maximum absolute atomic E-state index is 13.0. The Labute approximate surface area is 174 Å². The monoisotopic (exact) mass is 428 g/mol. The quantitative estimate of drug-likeness (QED) is 0.574. The third kappa shape index (κ3) is 5.57. The Bertz CT molecular complexity index is 1110. The van der Waals surface area contributed by atoms with Gasteiger partial charge in [0, 0.05) is 17.8 Å². The van der Waals surface area contributed by atoms with Crippen LogP contribution in [0.3, 0.4) is 0 Å². The van der Waals surface area contributed by atoms with Crippen molar-refractivity contribution in [1.82, 2.24) is 5.32 Å². The van der Waals surface area contributed by atoms with Gasteiger partial charge in [-0.2, -0.15) is 0 Å². The van der Waals surface area contributed by atoms with Gasteiger partial charge in [0.15, 0.2) is 0 Å². The maximum atomic E-state index is 13.0. The molecular weight excluding hydrogens is 407 g/mol. The number of sulfonamides is 1. The van der Waals surface area contributed by atoms with Crippen molar-refractivity contribution in [3.05, 3.63) is 89.7 Å². The summed E-state index contributed by atoms with van der Waals surface area (Å²) in [4.78, 5) is 12.4. The van der Waals surface area contributed by atoms with Crippen LogP contribution in [0, 0.1) is 5.82 Å². The Morgan fingerprint density at radius 3 is 2.37 bits per heavy atom. The minimum Gasteiger partial charge on any atom is -0.497 e. The average Bonchev–Trinajstić information content (AvgIpc) is 2.76. The standard InChI is InChI=1S/C22H21FN2O4S/c1-29-20-11-5-16(6-12-20)13-14-24-22(26)17-3-2-4-21(15-17)30(27,28)25-19-9-7-18(23)8-10-19/h2-12,15,25H,13-14H2,1H3,(H,24,26). The fraction of sp³-hybridized carbons (Fsp3) is 0.136. The second-order valence-corrected chi connectivity index (χ2v) is 8.18. The van der Waals surface area contributed by atoms with E-state index in [1.165, 1.54) is 30.3 Å². The smallest absolute Gasteiger partial charge is 0.261 e. The summed E-state index contributed by atoms with van der Waals surface area (Å²) in [6.45, 7) is 0.399. The normalized spacial score (nSPS) is 11.0. The Morgan fingerprint density at radius 2 is 1.70 bits per heavy atom. The molecular formula is C22H21FN2O4S. The Hall–Kier alpha value is -3.39. The highest BCUT2D eigenvalue weighted by Gasteiger charge is 2.16. The second kappa shape index (κ2) is 9.41. The first-order valence-corrected chi connectivity index (χ1v) is 10.7. The van der Waals surface area contributed by atoms with E-state index in [1.54, 1.807) is 13.2 Å². The first-order valence-electron chi connectivity index (χ1n) is 9.17. The van der Waals surface area contributed by atoms with Crippen molar-refractivity contribution in [3.8, 4) is 5.75 Å². The number of methoxy groups -OCH3 is 1. The van der Waals surface area contributed by atoms with Crippen LogP contribution in [-0.4, -0.2) is 28.0 Å². The van der Waals surface area contributed by atoms with Gasteiger partial charge >= 0.3 is 0 Å². The molecule has 8 heteroatoms. The fourth-order valence-corrected chi connectivity index (χ4v) is 3.86. The first-order chi connectivity index (χ1) is 14.4. The number of hydrogen-bond acceptors (Lipinski definition) is 4. The van der Waals surface area contributed by atoms with E-state index in [1.807, 2.05) is 24.3 Å². The van der Waals surface area contributed by atoms with Crippen molar-refractivity contribution in [2.24, 2.45) is 0 Å². The molecule has 156 valence electrons. The van der Waals surface area contributed by atoms with Crippen molar-refractivity contribution in [2.45, 2.75) is 11.3 Å². The number of rotatable bonds is 8. The molecule has 0 spiro atoms. The van der Waals surface area contributed by atoms with Crippen LogP contribution in [0.15, 0.2) is 77.7 Å². The lowest BCUT2D eigenvalue weighted by atomic mass is 10.1. The Morgan fingerprint density at radius 1 is 1.00 bits per heavy atom. The molecule has 0 aromatic heterocycles. The number of halogens is 1. The van der Waals surface area contributed by atoms with Gasteiger partial charge in [-0.3, -0.25) is 9.52 Å². The zero-order chi connectivity index (χ0) is 21.6. The third-order valence-electron chi connectivity index (χ3n) is 4.36. The molecule has 0 heterocycles. The lowest BCUT2D eigenvalue weighted by Crippen LogP contribution is -2.26. The summed E-state index contributed by atoms with van der Waals surface area (Å²) in [7, 11) is -2.32. The van der Waals surface area contributed by atoms with E-state index in [0.29, 0.717) is 13.0 Å². The number of anilines is 1. The van der Waals surface area contributed by atoms with E-state index in [2.05, 4.69) is 10.0 Å². The molecule has 0 unspecified atom stereocenters. The molecule has 0 aliphatic carbocycles. The summed E-state index contributed by atoms with van der Waals surface area (Å²) in [6.07, 6.45) is 0.625. The first kappa shape index (κ1) is 21.3. The average molecular weight is 428 g/mol. The number of benzene rings is 3. The van der Waals surface area contributed by atoms with Gasteiger partial charge in [0.1, 0.15) is 11.6 Å². The minimum atomic E-state index is -3.92. The highest BCUT2D eigenvalue weighted by atomic mass is 32.2. The van der Waals surface area contributed by atoms with Crippen LogP contribution in [0.1, 0.15) is 15.9 Å². The van der Waals surface area contributed by atoms with Crippen molar-refractivity contribution in [1.29, 1.82) is 0 Å². The highest BCUT2D eigenvalue weighted by molar-refractivity contribution is 7.92. The molecule has 0 saturated heterocycles. The molecule has 30 heavy (non-hydrogen) atoms. The van der Waals surface area contributed by atoms with Crippen LogP contribution in [0.4, 0.5) is 10.1 Å². The molecule has 0 radical (unpaired) electrons. The van der Waals surface area contributed by atoms with Crippen molar-refractivity contribution in [2.75, 3.05) is 18.4 Å². The molecule has 0 aliphatic rings. The molecule has 0 aliphatic heterocycles. The SMILES string of the molecule is COc1ccc(CCNC(=O)c2cccc(S(=O)(=O)Nc3ccc(F)cc3)c2)cc1. The molecule has 0 bridgehead atoms. The molecule has 3 rings (SSSR count). The fourth-order valence-electron chi connectivity index (χ4n) is 2.75. The van der Waals surface area contributed by atoms with Gasteiger partial charge in [-0.1, -0.05) is 18.2 Å². The summed E-state index contributed by atoms with van der Waals surface area (Å²) in [5.41, 5.74) is 1.49. The molecule has 6 nitrogen and oxygen atoms in total. The second-order valence-electron chi connectivity index (χ2n) is 6.49. The van der Waals surface area contributed by atoms with Crippen LogP contribution in [-0.2, 0) is 16.4 Å². The number of hydrogen-bond donors (Lipinski definition) is 2. The Kier molecular flexibility index (Phi) is 6.68. The third-order valence-corrected chi connectivity index (χ3v) is 5.74. The lowest BCUT2D eigenvalue weighted by molar-refractivity contribution is 0.0954. The van der Waals surface area contributed by atoms with Gasteiger partial charge in [-0.05, 0) is 66.6 Å². The maximum Gasteiger partial charge on any atom is 0.261 e. The van der Waals surface area contributed by atoms with E-state index in [-0.39, 0.29) is 22.1 Å². The number of amides is 1. The molecule has 0 saturated carbocycles. The van der Waals surface area contributed by atoms with Gasteiger partial charge in [0.25, 0.3) is 15.9 Å². The van der Waals surface area contributed by atoms with Gasteiger partial charge in [0.2, 0.25) is 0 Å². The van der Waals surface area contributed by atoms with E-state index >= 15 is 0 Å². The highest BCUT2D eigenvalue weighted by Crippen LogP contribution is 2.18. The zero-order valence-corrected chi connectivity index (χ0v) is 17.1. The van der Waals surface area contributed by atoms with Crippen LogP contribution in [0.5, 0.6) is 5.75 Å². The summed E-state index contributed by atoms with van der Waals surface area (Å²) in [5.74, 6) is -0.0799. The van der Waals surface area contributed by atoms with Crippen LogP contribution in [0.2, 0.25) is 0 Å². The predicted molar refractivity (Wildman–Crippen MR) is 113 cm³/mol. The van der Waals surface area contributed by atoms with Crippen molar-refractivity contribution >= 4 is 21.6 Å². The van der Waals surface area contributed by atoms with E-state index in [0.717, 1.165) is 23.4 Å². The van der Waals surface area contributed by atoms with Crippen LogP contribution >= 0.6 is 0 Å². The molecule has 0 atom stereocenters. The van der Waals surface area contributed by atoms with E-state index in [4.69, 9.17) is 4.74 Å². The summed E-state index contributed by atoms with van der Waals surface area (Å²) in [6, 6.07) is 18.2. The van der Waals surface area contributed by atoms with Gasteiger partial charge < -0.3 is 10.1 Å². The van der Waals surface area contributed by atoms with Gasteiger partial charge in [-0.25, -0.2) is 12.8 Å². The van der Waals surface area contributed by atoms with Gasteiger partial charge in [0.05, 0.1) is 12.0 Å². The Balaban J connectivity index is 1.63. The van der Waals surface area contributed by atoms with E-state index < -0.39 is 15.8 Å². The van der Waals surface area contributed by atoms with Crippen LogP contribution < -0.4 is 14.8 Å². The number of carbonyl (C=O) groups excluding carboxylic acids is 1. The molecule has 1 amide bonds. The minimum absolute atomic E-state index is 0.0605. The lowest BCUT2D eigenvalue weighted by Gasteiger charge is -2.10. The number of ether oxygens (including phenoxy) is 1. The van der Waals surface area contributed by atoms with Crippen molar-refractivity contribution < 1.29 is 22.3 Å². The summed E-state index contributed by atoms with van der Waals surface area (Å²) in [5, 5.41) is 2.78. The van der Waals surface area contributed by atoms with Crippen LogP contribution in [0.25, 0.3) is 0 Å². The largest absolute Gasteiger partial charge is 0.497 e. The topological polar surface area (TPSA) is 84.5 Å². The van der Waals surface area contributed by atoms with Crippen molar-refractivity contribution in [3.63, 3.8) is 0 Å². The molecule has 3 aromatic rings. The molecule has 3 aromatic carbocycles. The molecule has 2 N–H and O–H groups in total. The summed E-state index contributed by atoms with van der Waals surface area (Å²) < 4.78 is 45.6. The van der Waals surface area contributed by atoms with E-state index in [9.17, 15) is 17.6 Å². The predicted octanol–water partition coefficient (Wildman–Crippen LogP) is 3.61. The van der Waals surface area contributed by atoms with Gasteiger partial charge in [-0.15, -0.1) is 0 Å². The summed E-state index contributed by atoms with van der Waals surface area (Å²) >= 11 is 0.